The number of hydrogen-bond acceptors (Lipinski definition) is 0. The topological polar surface area (TPSA) is 0 Å². The van der Waals surface area contributed by atoms with Gasteiger partial charge in [0.1, 0.15) is 0 Å². The third kappa shape index (κ3) is 2.02. The van der Waals surface area contributed by atoms with E-state index in [1.54, 1.807) is 0 Å². The van der Waals surface area contributed by atoms with Crippen molar-refractivity contribution in [1.82, 2.24) is 0 Å². The molecule has 1 fully saturated rings. The summed E-state index contributed by atoms with van der Waals surface area (Å²) in [7, 11) is 0. The molecule has 0 N–H and O–H groups in total. The van der Waals surface area contributed by atoms with Gasteiger partial charge in [0.2, 0.25) is 0 Å². The monoisotopic (exact) mass is 168 g/mol. The highest BCUT2D eigenvalue weighted by Crippen LogP contribution is 2.45. The zero-order valence-corrected chi connectivity index (χ0v) is 9.35. The molecule has 12 heavy (non-hydrogen) atoms. The summed E-state index contributed by atoms with van der Waals surface area (Å²) in [5, 5.41) is 0. The molecule has 0 radical (unpaired) electrons. The Morgan fingerprint density at radius 3 is 1.83 bits per heavy atom. The Labute approximate surface area is 77.7 Å². The lowest BCUT2D eigenvalue weighted by Gasteiger charge is -2.43. The lowest BCUT2D eigenvalue weighted by Crippen LogP contribution is -2.33. The zero-order valence-electron chi connectivity index (χ0n) is 9.35. The fourth-order valence-corrected chi connectivity index (χ4v) is 3.49. The number of hydrogen-bond donors (Lipinski definition) is 0. The van der Waals surface area contributed by atoms with Gasteiger partial charge in [-0.2, -0.15) is 0 Å². The standard InChI is InChI=1S/C12H24/c1-6-11-9(2)7-12(4,5)8-10(11)3/h9-11H,6-8H2,1-5H3. The van der Waals surface area contributed by atoms with Crippen molar-refractivity contribution in [3.05, 3.63) is 0 Å². The van der Waals surface area contributed by atoms with Gasteiger partial charge in [0.25, 0.3) is 0 Å². The first kappa shape index (κ1) is 10.1. The van der Waals surface area contributed by atoms with Gasteiger partial charge in [-0.15, -0.1) is 0 Å². The van der Waals surface area contributed by atoms with E-state index in [1.165, 1.54) is 19.3 Å². The van der Waals surface area contributed by atoms with Crippen LogP contribution in [0.1, 0.15) is 53.9 Å². The molecule has 0 bridgehead atoms. The van der Waals surface area contributed by atoms with E-state index in [-0.39, 0.29) is 0 Å². The fourth-order valence-electron chi connectivity index (χ4n) is 3.49. The smallest absolute Gasteiger partial charge is 0.0349 e. The second-order valence-electron chi connectivity index (χ2n) is 5.60. The Hall–Kier alpha value is 0. The van der Waals surface area contributed by atoms with E-state index in [0.29, 0.717) is 5.41 Å². The highest BCUT2D eigenvalue weighted by Gasteiger charge is 2.35. The summed E-state index contributed by atoms with van der Waals surface area (Å²) < 4.78 is 0. The summed E-state index contributed by atoms with van der Waals surface area (Å²) >= 11 is 0. The lowest BCUT2D eigenvalue weighted by molar-refractivity contribution is 0.0717. The van der Waals surface area contributed by atoms with Crippen LogP contribution in [0.4, 0.5) is 0 Å². The molecule has 1 aliphatic rings. The predicted molar refractivity (Wildman–Crippen MR) is 55.1 cm³/mol. The number of rotatable bonds is 1. The van der Waals surface area contributed by atoms with Crippen molar-refractivity contribution in [3.8, 4) is 0 Å². The molecular weight excluding hydrogens is 144 g/mol. The molecule has 0 amide bonds. The predicted octanol–water partition coefficient (Wildman–Crippen LogP) is 4.10. The normalized spacial score (nSPS) is 41.2. The first-order chi connectivity index (χ1) is 5.46. The molecule has 2 unspecified atom stereocenters. The molecule has 1 saturated carbocycles. The molecule has 0 aliphatic heterocycles. The maximum atomic E-state index is 2.44. The van der Waals surface area contributed by atoms with Crippen LogP contribution in [0.5, 0.6) is 0 Å². The summed E-state index contributed by atoms with van der Waals surface area (Å²) in [5.74, 6) is 2.86. The van der Waals surface area contributed by atoms with Crippen LogP contribution in [-0.2, 0) is 0 Å². The second kappa shape index (κ2) is 3.40. The van der Waals surface area contributed by atoms with Gasteiger partial charge in [-0.1, -0.05) is 41.0 Å². The molecule has 1 rings (SSSR count). The van der Waals surface area contributed by atoms with E-state index in [9.17, 15) is 0 Å². The Morgan fingerprint density at radius 1 is 1.08 bits per heavy atom. The first-order valence-electron chi connectivity index (χ1n) is 5.46. The first-order valence-corrected chi connectivity index (χ1v) is 5.46. The molecular formula is C12H24. The van der Waals surface area contributed by atoms with Gasteiger partial charge >= 0.3 is 0 Å². The third-order valence-corrected chi connectivity index (χ3v) is 3.68. The van der Waals surface area contributed by atoms with E-state index in [4.69, 9.17) is 0 Å². The van der Waals surface area contributed by atoms with E-state index in [1.807, 2.05) is 0 Å². The van der Waals surface area contributed by atoms with Gasteiger partial charge in [-0.3, -0.25) is 0 Å². The minimum Gasteiger partial charge on any atom is -0.0651 e. The highest BCUT2D eigenvalue weighted by atomic mass is 14.4. The average molecular weight is 168 g/mol. The van der Waals surface area contributed by atoms with Crippen molar-refractivity contribution < 1.29 is 0 Å². The van der Waals surface area contributed by atoms with Gasteiger partial charge in [-0.05, 0) is 36.0 Å². The third-order valence-electron chi connectivity index (χ3n) is 3.68. The van der Waals surface area contributed by atoms with Crippen LogP contribution in [0.3, 0.4) is 0 Å². The summed E-state index contributed by atoms with van der Waals surface area (Å²) in [6, 6.07) is 0. The van der Waals surface area contributed by atoms with Crippen LogP contribution in [0.25, 0.3) is 0 Å². The van der Waals surface area contributed by atoms with Crippen LogP contribution >= 0.6 is 0 Å². The largest absolute Gasteiger partial charge is 0.0651 e. The van der Waals surface area contributed by atoms with E-state index in [2.05, 4.69) is 34.6 Å². The second-order valence-corrected chi connectivity index (χ2v) is 5.60. The maximum absolute atomic E-state index is 2.44. The van der Waals surface area contributed by atoms with Gasteiger partial charge in [0.15, 0.2) is 0 Å². The lowest BCUT2D eigenvalue weighted by atomic mass is 9.62. The molecule has 0 saturated heterocycles. The van der Waals surface area contributed by atoms with Crippen molar-refractivity contribution in [2.75, 3.05) is 0 Å². The molecule has 1 aliphatic carbocycles. The molecule has 0 heterocycles. The van der Waals surface area contributed by atoms with E-state index >= 15 is 0 Å². The molecule has 72 valence electrons. The Morgan fingerprint density at radius 2 is 1.50 bits per heavy atom. The van der Waals surface area contributed by atoms with Crippen molar-refractivity contribution in [3.63, 3.8) is 0 Å². The maximum Gasteiger partial charge on any atom is -0.0349 e. The zero-order chi connectivity index (χ0) is 9.35. The van der Waals surface area contributed by atoms with Gasteiger partial charge in [-0.25, -0.2) is 0 Å². The van der Waals surface area contributed by atoms with Crippen LogP contribution < -0.4 is 0 Å². The quantitative estimate of drug-likeness (QED) is 0.553. The van der Waals surface area contributed by atoms with Crippen molar-refractivity contribution in [1.29, 1.82) is 0 Å². The van der Waals surface area contributed by atoms with E-state index in [0.717, 1.165) is 17.8 Å². The molecule has 0 aromatic rings. The molecule has 0 aromatic carbocycles. The van der Waals surface area contributed by atoms with Crippen molar-refractivity contribution in [2.45, 2.75) is 53.9 Å². The fraction of sp³-hybridized carbons (Fsp3) is 1.00. The van der Waals surface area contributed by atoms with Crippen LogP contribution in [-0.4, -0.2) is 0 Å². The molecule has 2 atom stereocenters. The average Bonchev–Trinajstić information content (AvgIpc) is 1.82. The van der Waals surface area contributed by atoms with Crippen molar-refractivity contribution in [2.24, 2.45) is 23.2 Å². The summed E-state index contributed by atoms with van der Waals surface area (Å²) in [5.41, 5.74) is 0.602. The Bertz CT molecular complexity index is 132. The Balaban J connectivity index is 2.63. The molecule has 0 aromatic heterocycles. The molecule has 0 spiro atoms. The van der Waals surface area contributed by atoms with Crippen molar-refractivity contribution >= 4 is 0 Å². The van der Waals surface area contributed by atoms with Gasteiger partial charge in [0.05, 0.1) is 0 Å². The molecule has 0 heteroatoms. The van der Waals surface area contributed by atoms with Crippen LogP contribution in [0.15, 0.2) is 0 Å². The van der Waals surface area contributed by atoms with E-state index < -0.39 is 0 Å². The Kier molecular flexibility index (Phi) is 2.85. The SMILES string of the molecule is CCC1C(C)CC(C)(C)CC1C. The highest BCUT2D eigenvalue weighted by molar-refractivity contribution is 4.86. The van der Waals surface area contributed by atoms with Gasteiger partial charge in [0, 0.05) is 0 Å². The summed E-state index contributed by atoms with van der Waals surface area (Å²) in [6.07, 6.45) is 4.23. The summed E-state index contributed by atoms with van der Waals surface area (Å²) in [6.45, 7) is 12.1. The minimum absolute atomic E-state index is 0.602. The van der Waals surface area contributed by atoms with Gasteiger partial charge < -0.3 is 0 Å². The van der Waals surface area contributed by atoms with Crippen LogP contribution in [0, 0.1) is 23.2 Å². The molecule has 0 nitrogen and oxygen atoms in total. The summed E-state index contributed by atoms with van der Waals surface area (Å²) in [4.78, 5) is 0. The minimum atomic E-state index is 0.602. The van der Waals surface area contributed by atoms with Crippen LogP contribution in [0.2, 0.25) is 0 Å².